The number of hydrogen-bond donors (Lipinski definition) is 0. The molecule has 3 heterocycles. The highest BCUT2D eigenvalue weighted by Crippen LogP contribution is 2.60. The molecule has 1 unspecified atom stereocenters. The molecule has 0 bridgehead atoms. The molecule has 1 aromatic carbocycles. The van der Waals surface area contributed by atoms with Gasteiger partial charge in [-0.3, -0.25) is 4.79 Å². The van der Waals surface area contributed by atoms with Gasteiger partial charge >= 0.3 is 6.18 Å². The molecule has 0 radical (unpaired) electrons. The molecule has 28 heavy (non-hydrogen) atoms. The van der Waals surface area contributed by atoms with Crippen molar-refractivity contribution >= 4 is 5.91 Å². The van der Waals surface area contributed by atoms with Crippen molar-refractivity contribution in [3.05, 3.63) is 35.9 Å². The molecule has 1 spiro atoms. The average Bonchev–Trinajstić information content (AvgIpc) is 3.24. The number of carbonyl (C=O) groups is 1. The zero-order chi connectivity index (χ0) is 19.6. The number of alkyl halides is 3. The molecule has 5 nitrogen and oxygen atoms in total. The first-order chi connectivity index (χ1) is 13.3. The Morgan fingerprint density at radius 3 is 2.39 bits per heavy atom. The molecule has 150 valence electrons. The second-order valence-corrected chi connectivity index (χ2v) is 8.92. The van der Waals surface area contributed by atoms with E-state index in [4.69, 9.17) is 4.74 Å². The van der Waals surface area contributed by atoms with E-state index >= 15 is 0 Å². The maximum atomic E-state index is 13.5. The molecule has 2 saturated heterocycles. The predicted molar refractivity (Wildman–Crippen MR) is 93.6 cm³/mol. The molecule has 0 aromatic heterocycles. The first kappa shape index (κ1) is 18.1. The van der Waals surface area contributed by atoms with Crippen molar-refractivity contribution in [2.45, 2.75) is 42.9 Å². The molecule has 3 fully saturated rings. The summed E-state index contributed by atoms with van der Waals surface area (Å²) in [5.41, 5.74) is -1.70. The van der Waals surface area contributed by atoms with Crippen LogP contribution >= 0.6 is 0 Å². The highest BCUT2D eigenvalue weighted by atomic mass is 19.4. The summed E-state index contributed by atoms with van der Waals surface area (Å²) >= 11 is 0. The number of nitrogens with zero attached hydrogens (tertiary/aromatic N) is 3. The summed E-state index contributed by atoms with van der Waals surface area (Å²) in [5, 5.41) is 6.57. The number of hydrogen-bond acceptors (Lipinski definition) is 4. The Morgan fingerprint density at radius 2 is 1.86 bits per heavy atom. The smallest absolute Gasteiger partial charge is 0.380 e. The molecule has 5 rings (SSSR count). The van der Waals surface area contributed by atoms with Gasteiger partial charge in [-0.15, -0.1) is 10.2 Å². The van der Waals surface area contributed by atoms with E-state index in [1.807, 2.05) is 30.3 Å². The lowest BCUT2D eigenvalue weighted by atomic mass is 9.49. The Morgan fingerprint density at radius 1 is 1.18 bits per heavy atom. The molecule has 8 heteroatoms. The first-order valence-corrected chi connectivity index (χ1v) is 9.71. The Bertz CT molecular complexity index is 806. The fourth-order valence-corrected chi connectivity index (χ4v) is 5.32. The molecule has 1 atom stereocenters. The maximum Gasteiger partial charge on any atom is 0.437 e. The van der Waals surface area contributed by atoms with Gasteiger partial charge in [-0.1, -0.05) is 30.3 Å². The second kappa shape index (κ2) is 5.78. The van der Waals surface area contributed by atoms with Crippen LogP contribution in [0.5, 0.6) is 0 Å². The van der Waals surface area contributed by atoms with E-state index in [9.17, 15) is 18.0 Å². The van der Waals surface area contributed by atoms with Crippen LogP contribution < -0.4 is 0 Å². The van der Waals surface area contributed by atoms with Crippen LogP contribution in [0.4, 0.5) is 13.2 Å². The van der Waals surface area contributed by atoms with Crippen LogP contribution in [0.3, 0.4) is 0 Å². The Hall–Kier alpha value is -1.96. The summed E-state index contributed by atoms with van der Waals surface area (Å²) in [6, 6.07) is 9.76. The van der Waals surface area contributed by atoms with E-state index in [0.717, 1.165) is 18.4 Å². The number of rotatable bonds is 4. The van der Waals surface area contributed by atoms with Gasteiger partial charge in [-0.05, 0) is 30.7 Å². The maximum absolute atomic E-state index is 13.5. The van der Waals surface area contributed by atoms with Crippen LogP contribution in [0.25, 0.3) is 0 Å². The zero-order valence-electron chi connectivity index (χ0n) is 15.4. The van der Waals surface area contributed by atoms with E-state index < -0.39 is 17.3 Å². The zero-order valence-corrected chi connectivity index (χ0v) is 15.4. The highest BCUT2D eigenvalue weighted by molar-refractivity contribution is 5.90. The summed E-state index contributed by atoms with van der Waals surface area (Å²) in [4.78, 5) is 15.3. The van der Waals surface area contributed by atoms with Gasteiger partial charge in [0, 0.05) is 24.9 Å². The number of carbonyl (C=O) groups excluding carboxylic acids is 1. The normalized spacial score (nSPS) is 28.7. The monoisotopic (exact) mass is 393 g/mol. The lowest BCUT2D eigenvalue weighted by Gasteiger charge is -2.60. The highest BCUT2D eigenvalue weighted by Gasteiger charge is 2.66. The summed E-state index contributed by atoms with van der Waals surface area (Å²) in [6.45, 7) is 2.22. The third-order valence-electron chi connectivity index (χ3n) is 6.85. The molecular weight excluding hydrogens is 371 g/mol. The minimum Gasteiger partial charge on any atom is -0.380 e. The van der Waals surface area contributed by atoms with E-state index in [-0.39, 0.29) is 23.7 Å². The van der Waals surface area contributed by atoms with Gasteiger partial charge in [0.1, 0.15) is 0 Å². The van der Waals surface area contributed by atoms with Gasteiger partial charge in [0.05, 0.1) is 18.6 Å². The number of likely N-dealkylation sites (tertiary alicyclic amines) is 1. The molecule has 1 aliphatic carbocycles. The fourth-order valence-electron chi connectivity index (χ4n) is 5.32. The van der Waals surface area contributed by atoms with Crippen molar-refractivity contribution < 1.29 is 22.7 Å². The summed E-state index contributed by atoms with van der Waals surface area (Å²) in [6.07, 6.45) is -2.53. The van der Waals surface area contributed by atoms with Crippen LogP contribution in [-0.2, 0) is 14.9 Å². The van der Waals surface area contributed by atoms with Crippen molar-refractivity contribution in [3.8, 4) is 0 Å². The Labute approximate surface area is 160 Å². The van der Waals surface area contributed by atoms with E-state index in [1.54, 1.807) is 4.90 Å². The SMILES string of the molecule is O=C(N1CCC(CC2(C(F)(F)F)N=N2)C1)C1(c2ccccc2)CC2(COC2)C1. The third-order valence-corrected chi connectivity index (χ3v) is 6.85. The molecule has 0 N–H and O–H groups in total. The molecular formula is C20H22F3N3O2. The number of amides is 1. The van der Waals surface area contributed by atoms with E-state index in [0.29, 0.717) is 32.7 Å². The first-order valence-electron chi connectivity index (χ1n) is 9.71. The quantitative estimate of drug-likeness (QED) is 0.783. The Balaban J connectivity index is 1.31. The number of halogens is 3. The lowest BCUT2D eigenvalue weighted by Crippen LogP contribution is -2.65. The standard InChI is InChI=1S/C20H22F3N3O2/c21-20(22,23)19(24-25-19)8-14-6-7-26(9-14)16(27)18(15-4-2-1-3-5-15)10-17(11-18)12-28-13-17/h1-5,14H,6-13H2. The summed E-state index contributed by atoms with van der Waals surface area (Å²) < 4.78 is 44.8. The van der Waals surface area contributed by atoms with Gasteiger partial charge in [-0.2, -0.15) is 13.2 Å². The summed E-state index contributed by atoms with van der Waals surface area (Å²) in [5.74, 6) is -0.182. The molecule has 1 amide bonds. The predicted octanol–water partition coefficient (Wildman–Crippen LogP) is 3.70. The van der Waals surface area contributed by atoms with Crippen LogP contribution in [0.15, 0.2) is 40.6 Å². The molecule has 1 aromatic rings. The number of ether oxygens (including phenoxy) is 1. The van der Waals surface area contributed by atoms with Crippen molar-refractivity contribution in [1.29, 1.82) is 0 Å². The van der Waals surface area contributed by atoms with E-state index in [1.165, 1.54) is 0 Å². The van der Waals surface area contributed by atoms with Gasteiger partial charge in [-0.25, -0.2) is 0 Å². The van der Waals surface area contributed by atoms with Gasteiger partial charge < -0.3 is 9.64 Å². The van der Waals surface area contributed by atoms with Crippen molar-refractivity contribution in [1.82, 2.24) is 4.90 Å². The largest absolute Gasteiger partial charge is 0.437 e. The van der Waals surface area contributed by atoms with Crippen LogP contribution in [-0.4, -0.2) is 48.9 Å². The van der Waals surface area contributed by atoms with Gasteiger partial charge in [0.15, 0.2) is 0 Å². The van der Waals surface area contributed by atoms with Gasteiger partial charge in [0.2, 0.25) is 5.91 Å². The number of benzene rings is 1. The van der Waals surface area contributed by atoms with Crippen molar-refractivity contribution in [2.24, 2.45) is 21.6 Å². The Kier molecular flexibility index (Phi) is 3.73. The third kappa shape index (κ3) is 2.60. The van der Waals surface area contributed by atoms with Gasteiger partial charge in [0.25, 0.3) is 5.66 Å². The topological polar surface area (TPSA) is 54.3 Å². The van der Waals surface area contributed by atoms with E-state index in [2.05, 4.69) is 10.2 Å². The minimum atomic E-state index is -4.44. The van der Waals surface area contributed by atoms with Crippen LogP contribution in [0.2, 0.25) is 0 Å². The average molecular weight is 393 g/mol. The summed E-state index contributed by atoms with van der Waals surface area (Å²) in [7, 11) is 0. The van der Waals surface area contributed by atoms with Crippen LogP contribution in [0, 0.1) is 11.3 Å². The lowest BCUT2D eigenvalue weighted by molar-refractivity contribution is -0.197. The van der Waals surface area contributed by atoms with Crippen LogP contribution in [0.1, 0.15) is 31.2 Å². The second-order valence-electron chi connectivity index (χ2n) is 8.92. The molecule has 1 saturated carbocycles. The molecule has 4 aliphatic rings. The molecule has 3 aliphatic heterocycles. The van der Waals surface area contributed by atoms with Crippen molar-refractivity contribution in [3.63, 3.8) is 0 Å². The minimum absolute atomic E-state index is 0.0458. The fraction of sp³-hybridized carbons (Fsp3) is 0.650. The van der Waals surface area contributed by atoms with Crippen molar-refractivity contribution in [2.75, 3.05) is 26.3 Å².